The monoisotopic (exact) mass is 420 g/mol. The first-order valence-electron chi connectivity index (χ1n) is 3.82. The summed E-state index contributed by atoms with van der Waals surface area (Å²) in [6.45, 7) is 0. The summed E-state index contributed by atoms with van der Waals surface area (Å²) < 4.78 is 0. The van der Waals surface area contributed by atoms with Crippen LogP contribution in [0.4, 0.5) is 0 Å². The highest BCUT2D eigenvalue weighted by atomic mass is 128. The molecule has 0 atom stereocenters. The van der Waals surface area contributed by atoms with E-state index in [0.29, 0.717) is 5.88 Å². The van der Waals surface area contributed by atoms with Gasteiger partial charge in [0.15, 0.2) is 0 Å². The van der Waals surface area contributed by atoms with Gasteiger partial charge in [-0.3, -0.25) is 0 Å². The van der Waals surface area contributed by atoms with E-state index in [1.807, 2.05) is 24.3 Å². The number of hydrogen-bond donors (Lipinski definition) is 0. The summed E-state index contributed by atoms with van der Waals surface area (Å²) in [4.78, 5) is 0. The van der Waals surface area contributed by atoms with E-state index in [4.69, 9.17) is 11.6 Å². The van der Waals surface area contributed by atoms with Crippen LogP contribution in [0.1, 0.15) is 5.56 Å². The highest BCUT2D eigenvalue weighted by molar-refractivity contribution is 15.0. The fourth-order valence-corrected chi connectivity index (χ4v) is 1.02. The average Bonchev–Trinajstić information content (AvgIpc) is 2.23. The van der Waals surface area contributed by atoms with Crippen molar-refractivity contribution in [2.75, 3.05) is 5.88 Å². The molecular weight excluding hydrogens is 409 g/mol. The molecule has 0 saturated heterocycles. The molecule has 0 aliphatic rings. The van der Waals surface area contributed by atoms with E-state index in [1.165, 1.54) is 5.56 Å². The molecule has 0 amide bonds. The maximum absolute atomic E-state index is 5.48. The molecule has 0 aliphatic heterocycles. The minimum absolute atomic E-state index is 0.604. The Kier molecular flexibility index (Phi) is 11.4. The molecule has 0 N–H and O–H groups in total. The molecule has 0 unspecified atom stereocenters. The molecule has 72 valence electrons. The van der Waals surface area contributed by atoms with Crippen molar-refractivity contribution < 1.29 is 0 Å². The van der Waals surface area contributed by atoms with E-state index in [2.05, 4.69) is 55.4 Å². The second-order valence-electron chi connectivity index (χ2n) is 2.32. The maximum Gasteiger partial charge on any atom is 0.0404 e. The summed E-state index contributed by atoms with van der Waals surface area (Å²) in [7, 11) is 0. The number of hydrogen-bond acceptors (Lipinski definition) is 0. The molecule has 0 saturated carbocycles. The van der Waals surface area contributed by atoms with Crippen LogP contribution < -0.4 is 0 Å². The summed E-state index contributed by atoms with van der Waals surface area (Å²) in [5.74, 6) is 0.604. The normalized spacial score (nSPS) is 9.46. The molecule has 0 fully saturated rings. The predicted molar refractivity (Wildman–Crippen MR) is 78.0 cm³/mol. The number of benzene rings is 1. The molecule has 0 spiro atoms. The molecule has 0 aromatic heterocycles. The van der Waals surface area contributed by atoms with E-state index < -0.39 is 0 Å². The quantitative estimate of drug-likeness (QED) is 0.375. The van der Waals surface area contributed by atoms with Gasteiger partial charge in [0.25, 0.3) is 0 Å². The molecule has 0 radical (unpaired) electrons. The Morgan fingerprint density at radius 1 is 1.08 bits per heavy atom. The molecule has 0 heterocycles. The first kappa shape index (κ1) is 13.7. The lowest BCUT2D eigenvalue weighted by Gasteiger charge is -1.92. The Labute approximate surface area is 108 Å². The zero-order valence-corrected chi connectivity index (χ0v) is 12.2. The third-order valence-corrected chi connectivity index (χ3v) is 1.63. The Morgan fingerprint density at radius 3 is 2.23 bits per heavy atom. The molecule has 13 heavy (non-hydrogen) atoms. The van der Waals surface area contributed by atoms with Gasteiger partial charge in [-0.05, 0) is 12.0 Å². The van der Waals surface area contributed by atoms with Crippen molar-refractivity contribution >= 4 is 48.8 Å². The van der Waals surface area contributed by atoms with Crippen LogP contribution in [0.3, 0.4) is 0 Å². The highest BCUT2D eigenvalue weighted by Gasteiger charge is 1.83. The van der Waals surface area contributed by atoms with Gasteiger partial charge in [-0.1, -0.05) is 42.5 Å². The average molecular weight is 420 g/mol. The third kappa shape index (κ3) is 7.76. The van der Waals surface area contributed by atoms with Crippen molar-refractivity contribution in [2.24, 2.45) is 0 Å². The lowest BCUT2D eigenvalue weighted by molar-refractivity contribution is 1.26. The fourth-order valence-electron chi connectivity index (χ4n) is 0.897. The number of rotatable bonds is 3. The van der Waals surface area contributed by atoms with Gasteiger partial charge in [0.1, 0.15) is 0 Å². The summed E-state index contributed by atoms with van der Waals surface area (Å²) in [6, 6.07) is 10.3. The Morgan fingerprint density at radius 2 is 1.69 bits per heavy atom. The smallest absolute Gasteiger partial charge is 0.0404 e. The molecule has 1 rings (SSSR count). The molecule has 0 nitrogen and oxygen atoms in total. The molecular formula is C10H11ClI2. The highest BCUT2D eigenvalue weighted by Crippen LogP contribution is 1.99. The largest absolute Gasteiger partial charge is 0.122 e. The second kappa shape index (κ2) is 10.8. The van der Waals surface area contributed by atoms with Crippen LogP contribution in [0.5, 0.6) is 0 Å². The van der Waals surface area contributed by atoms with Gasteiger partial charge < -0.3 is 0 Å². The molecule has 0 bridgehead atoms. The molecule has 1 aromatic rings. The first-order chi connectivity index (χ1) is 6.43. The Bertz CT molecular complexity index is 222. The summed E-state index contributed by atoms with van der Waals surface area (Å²) in [5.41, 5.74) is 1.33. The van der Waals surface area contributed by atoms with Crippen molar-refractivity contribution in [3.05, 3.63) is 48.0 Å². The number of allylic oxidation sites excluding steroid dienone is 2. The second-order valence-corrected chi connectivity index (χ2v) is 2.62. The van der Waals surface area contributed by atoms with Crippen LogP contribution in [-0.4, -0.2) is 5.88 Å². The lowest BCUT2D eigenvalue weighted by atomic mass is 10.1. The number of alkyl halides is 1. The van der Waals surface area contributed by atoms with Crippen molar-refractivity contribution in [3.8, 4) is 0 Å². The van der Waals surface area contributed by atoms with Crippen molar-refractivity contribution in [3.63, 3.8) is 0 Å². The zero-order valence-electron chi connectivity index (χ0n) is 7.09. The van der Waals surface area contributed by atoms with Gasteiger partial charge in [-0.25, -0.2) is 0 Å². The van der Waals surface area contributed by atoms with Gasteiger partial charge in [-0.15, -0.1) is 11.6 Å². The van der Waals surface area contributed by atoms with Crippen molar-refractivity contribution in [2.45, 2.75) is 6.42 Å². The van der Waals surface area contributed by atoms with E-state index >= 15 is 0 Å². The Hall–Kier alpha value is 0.710. The van der Waals surface area contributed by atoms with Crippen molar-refractivity contribution in [1.82, 2.24) is 0 Å². The Balaban J connectivity index is 0.000000671. The van der Waals surface area contributed by atoms with Gasteiger partial charge in [0, 0.05) is 43.1 Å². The maximum atomic E-state index is 5.48. The van der Waals surface area contributed by atoms with Crippen LogP contribution in [0, 0.1) is 0 Å². The van der Waals surface area contributed by atoms with Crippen LogP contribution in [0.2, 0.25) is 0 Å². The predicted octanol–water partition coefficient (Wildman–Crippen LogP) is 4.80. The van der Waals surface area contributed by atoms with Crippen LogP contribution >= 0.6 is 48.8 Å². The van der Waals surface area contributed by atoms with E-state index in [1.54, 1.807) is 0 Å². The summed E-state index contributed by atoms with van der Waals surface area (Å²) in [6.07, 6.45) is 5.03. The minimum atomic E-state index is 0.604. The first-order valence-corrected chi connectivity index (χ1v) is 10.6. The van der Waals surface area contributed by atoms with E-state index in [0.717, 1.165) is 6.42 Å². The standard InChI is InChI=1S/C10H11Cl.I2/c11-9-5-4-8-10-6-2-1-3-7-10;1-2/h1-7H,8-9H2;. The van der Waals surface area contributed by atoms with E-state index in [-0.39, 0.29) is 0 Å². The summed E-state index contributed by atoms with van der Waals surface area (Å²) >= 11 is 9.72. The van der Waals surface area contributed by atoms with Crippen LogP contribution in [0.15, 0.2) is 42.5 Å². The van der Waals surface area contributed by atoms with Gasteiger partial charge >= 0.3 is 0 Å². The molecule has 0 aliphatic carbocycles. The zero-order chi connectivity index (χ0) is 9.94. The van der Waals surface area contributed by atoms with Crippen LogP contribution in [0.25, 0.3) is 0 Å². The van der Waals surface area contributed by atoms with Gasteiger partial charge in [0.2, 0.25) is 0 Å². The van der Waals surface area contributed by atoms with E-state index in [9.17, 15) is 0 Å². The molecule has 3 heteroatoms. The third-order valence-electron chi connectivity index (χ3n) is 1.45. The number of halogens is 3. The SMILES string of the molecule is ClCC=CCc1ccccc1.II. The minimum Gasteiger partial charge on any atom is -0.122 e. The topological polar surface area (TPSA) is 0 Å². The van der Waals surface area contributed by atoms with Gasteiger partial charge in [-0.2, -0.15) is 0 Å². The summed E-state index contributed by atoms with van der Waals surface area (Å²) in [5, 5.41) is 0. The van der Waals surface area contributed by atoms with Crippen molar-refractivity contribution in [1.29, 1.82) is 0 Å². The lowest BCUT2D eigenvalue weighted by Crippen LogP contribution is -1.78. The fraction of sp³-hybridized carbons (Fsp3) is 0.200. The molecule has 1 aromatic carbocycles. The van der Waals surface area contributed by atoms with Crippen LogP contribution in [-0.2, 0) is 6.42 Å². The van der Waals surface area contributed by atoms with Gasteiger partial charge in [0.05, 0.1) is 0 Å².